The van der Waals surface area contributed by atoms with Gasteiger partial charge in [0.05, 0.1) is 19.3 Å². The normalized spacial score (nSPS) is 11.4. The molecule has 3 heteroatoms. The molecule has 2 N–H and O–H groups in total. The first-order valence-electron chi connectivity index (χ1n) is 5.65. The monoisotopic (exact) mass is 223 g/mol. The van der Waals surface area contributed by atoms with Gasteiger partial charge in [0.25, 0.3) is 0 Å². The van der Waals surface area contributed by atoms with E-state index in [1.54, 1.807) is 0 Å². The number of hydrogen-bond donors (Lipinski definition) is 2. The van der Waals surface area contributed by atoms with Gasteiger partial charge in [0.15, 0.2) is 0 Å². The van der Waals surface area contributed by atoms with Gasteiger partial charge in [-0.15, -0.1) is 0 Å². The Hall–Kier alpha value is -0.900. The zero-order valence-corrected chi connectivity index (χ0v) is 10.1. The molecule has 1 aromatic rings. The van der Waals surface area contributed by atoms with Gasteiger partial charge in [-0.05, 0) is 26.0 Å². The molecule has 3 nitrogen and oxygen atoms in total. The Bertz CT molecular complexity index is 293. The minimum Gasteiger partial charge on any atom is -0.395 e. The fraction of sp³-hybridized carbons (Fsp3) is 0.538. The zero-order valence-electron chi connectivity index (χ0n) is 10.1. The van der Waals surface area contributed by atoms with Crippen molar-refractivity contribution in [2.45, 2.75) is 19.4 Å². The van der Waals surface area contributed by atoms with E-state index < -0.39 is 0 Å². The SMILES string of the molecule is Cc1ccc(CCN(C)C(CO)CO)cc1. The minimum absolute atomic E-state index is 0.000891. The van der Waals surface area contributed by atoms with Crippen LogP contribution in [0.2, 0.25) is 0 Å². The van der Waals surface area contributed by atoms with E-state index in [4.69, 9.17) is 10.2 Å². The van der Waals surface area contributed by atoms with E-state index in [0.717, 1.165) is 13.0 Å². The summed E-state index contributed by atoms with van der Waals surface area (Å²) in [5.41, 5.74) is 2.55. The van der Waals surface area contributed by atoms with Gasteiger partial charge in [-0.2, -0.15) is 0 Å². The van der Waals surface area contributed by atoms with Crippen molar-refractivity contribution in [2.24, 2.45) is 0 Å². The Kier molecular flexibility index (Phi) is 5.46. The second-order valence-electron chi connectivity index (χ2n) is 4.24. The highest BCUT2D eigenvalue weighted by molar-refractivity contribution is 5.21. The lowest BCUT2D eigenvalue weighted by Crippen LogP contribution is -2.38. The molecule has 0 saturated heterocycles. The smallest absolute Gasteiger partial charge is 0.0609 e. The van der Waals surface area contributed by atoms with E-state index in [1.807, 2.05) is 11.9 Å². The van der Waals surface area contributed by atoms with Crippen LogP contribution in [0.4, 0.5) is 0 Å². The van der Waals surface area contributed by atoms with E-state index >= 15 is 0 Å². The minimum atomic E-state index is -0.148. The zero-order chi connectivity index (χ0) is 12.0. The molecule has 1 aromatic carbocycles. The third-order valence-electron chi connectivity index (χ3n) is 2.92. The van der Waals surface area contributed by atoms with Crippen molar-refractivity contribution in [1.29, 1.82) is 0 Å². The first-order chi connectivity index (χ1) is 7.67. The summed E-state index contributed by atoms with van der Waals surface area (Å²) in [4.78, 5) is 1.99. The quantitative estimate of drug-likeness (QED) is 0.750. The Morgan fingerprint density at radius 3 is 2.19 bits per heavy atom. The number of nitrogens with zero attached hydrogens (tertiary/aromatic N) is 1. The number of aliphatic hydroxyl groups is 2. The highest BCUT2D eigenvalue weighted by Gasteiger charge is 2.11. The lowest BCUT2D eigenvalue weighted by atomic mass is 10.1. The molecular formula is C13H21NO2. The third-order valence-corrected chi connectivity index (χ3v) is 2.92. The highest BCUT2D eigenvalue weighted by atomic mass is 16.3. The van der Waals surface area contributed by atoms with E-state index in [9.17, 15) is 0 Å². The number of aryl methyl sites for hydroxylation is 1. The summed E-state index contributed by atoms with van der Waals surface area (Å²) in [6, 6.07) is 8.30. The van der Waals surface area contributed by atoms with Crippen LogP contribution in [0.3, 0.4) is 0 Å². The van der Waals surface area contributed by atoms with Crippen LogP contribution in [0.25, 0.3) is 0 Å². The van der Waals surface area contributed by atoms with Gasteiger partial charge in [0.1, 0.15) is 0 Å². The number of aliphatic hydroxyl groups excluding tert-OH is 2. The predicted molar refractivity (Wildman–Crippen MR) is 65.5 cm³/mol. The molecule has 0 aromatic heterocycles. The molecule has 0 aliphatic carbocycles. The van der Waals surface area contributed by atoms with Gasteiger partial charge >= 0.3 is 0 Å². The van der Waals surface area contributed by atoms with Crippen molar-refractivity contribution in [3.63, 3.8) is 0 Å². The Morgan fingerprint density at radius 2 is 1.69 bits per heavy atom. The molecule has 90 valence electrons. The number of benzene rings is 1. The summed E-state index contributed by atoms with van der Waals surface area (Å²) in [5.74, 6) is 0. The molecule has 0 heterocycles. The highest BCUT2D eigenvalue weighted by Crippen LogP contribution is 2.05. The molecule has 0 radical (unpaired) electrons. The van der Waals surface area contributed by atoms with Crippen molar-refractivity contribution < 1.29 is 10.2 Å². The average molecular weight is 223 g/mol. The molecule has 0 fully saturated rings. The van der Waals surface area contributed by atoms with Crippen LogP contribution < -0.4 is 0 Å². The second-order valence-corrected chi connectivity index (χ2v) is 4.24. The van der Waals surface area contributed by atoms with Gasteiger partial charge in [0.2, 0.25) is 0 Å². The van der Waals surface area contributed by atoms with Crippen LogP contribution >= 0.6 is 0 Å². The van der Waals surface area contributed by atoms with E-state index in [0.29, 0.717) is 0 Å². The lowest BCUT2D eigenvalue weighted by molar-refractivity contribution is 0.0925. The van der Waals surface area contributed by atoms with Crippen LogP contribution in [-0.4, -0.2) is 48.0 Å². The van der Waals surface area contributed by atoms with E-state index in [1.165, 1.54) is 11.1 Å². The van der Waals surface area contributed by atoms with Crippen molar-refractivity contribution in [3.8, 4) is 0 Å². The van der Waals surface area contributed by atoms with E-state index in [2.05, 4.69) is 31.2 Å². The fourth-order valence-corrected chi connectivity index (χ4v) is 1.58. The van der Waals surface area contributed by atoms with Gasteiger partial charge < -0.3 is 10.2 Å². The molecule has 0 atom stereocenters. The average Bonchev–Trinajstić information content (AvgIpc) is 2.30. The Balaban J connectivity index is 2.42. The fourth-order valence-electron chi connectivity index (χ4n) is 1.58. The van der Waals surface area contributed by atoms with Crippen LogP contribution in [-0.2, 0) is 6.42 Å². The molecular weight excluding hydrogens is 202 g/mol. The Morgan fingerprint density at radius 1 is 1.12 bits per heavy atom. The van der Waals surface area contributed by atoms with Crippen molar-refractivity contribution in [3.05, 3.63) is 35.4 Å². The number of likely N-dealkylation sites (N-methyl/N-ethyl adjacent to an activating group) is 1. The summed E-state index contributed by atoms with van der Waals surface area (Å²) in [6.45, 7) is 2.92. The molecule has 1 rings (SSSR count). The van der Waals surface area contributed by atoms with Crippen LogP contribution in [0.1, 0.15) is 11.1 Å². The van der Waals surface area contributed by atoms with Gasteiger partial charge in [-0.1, -0.05) is 29.8 Å². The molecule has 0 unspecified atom stereocenters. The molecule has 0 amide bonds. The maximum Gasteiger partial charge on any atom is 0.0609 e. The second kappa shape index (κ2) is 6.63. The predicted octanol–water partition coefficient (Wildman–Crippen LogP) is 0.823. The first-order valence-corrected chi connectivity index (χ1v) is 5.65. The molecule has 0 spiro atoms. The van der Waals surface area contributed by atoms with Crippen molar-refractivity contribution in [2.75, 3.05) is 26.8 Å². The van der Waals surface area contributed by atoms with Gasteiger partial charge in [-0.3, -0.25) is 4.90 Å². The molecule has 0 aliphatic rings. The van der Waals surface area contributed by atoms with Crippen molar-refractivity contribution >= 4 is 0 Å². The number of rotatable bonds is 6. The Labute approximate surface area is 97.3 Å². The van der Waals surface area contributed by atoms with Crippen LogP contribution in [0.5, 0.6) is 0 Å². The van der Waals surface area contributed by atoms with E-state index in [-0.39, 0.29) is 19.3 Å². The maximum atomic E-state index is 9.03. The molecule has 16 heavy (non-hydrogen) atoms. The summed E-state index contributed by atoms with van der Waals surface area (Å²) < 4.78 is 0. The third kappa shape index (κ3) is 3.93. The van der Waals surface area contributed by atoms with Crippen molar-refractivity contribution in [1.82, 2.24) is 4.90 Å². The van der Waals surface area contributed by atoms with Gasteiger partial charge in [-0.25, -0.2) is 0 Å². The summed E-state index contributed by atoms with van der Waals surface area (Å²) in [7, 11) is 1.92. The van der Waals surface area contributed by atoms with Crippen LogP contribution in [0, 0.1) is 6.92 Å². The molecule has 0 aliphatic heterocycles. The largest absolute Gasteiger partial charge is 0.395 e. The molecule has 0 saturated carbocycles. The summed E-state index contributed by atoms with van der Waals surface area (Å²) in [5, 5.41) is 18.1. The summed E-state index contributed by atoms with van der Waals surface area (Å²) in [6.07, 6.45) is 0.938. The van der Waals surface area contributed by atoms with Crippen LogP contribution in [0.15, 0.2) is 24.3 Å². The maximum absolute atomic E-state index is 9.03. The number of hydrogen-bond acceptors (Lipinski definition) is 3. The standard InChI is InChI=1S/C13H21NO2/c1-11-3-5-12(6-4-11)7-8-14(2)13(9-15)10-16/h3-6,13,15-16H,7-10H2,1-2H3. The summed E-state index contributed by atoms with van der Waals surface area (Å²) >= 11 is 0. The van der Waals surface area contributed by atoms with Gasteiger partial charge in [0, 0.05) is 6.54 Å². The first kappa shape index (κ1) is 13.2. The lowest BCUT2D eigenvalue weighted by Gasteiger charge is -2.24. The topological polar surface area (TPSA) is 43.7 Å². The molecule has 0 bridgehead atoms.